The number of aryl methyl sites for hydroxylation is 1. The summed E-state index contributed by atoms with van der Waals surface area (Å²) < 4.78 is 0. The minimum Gasteiger partial charge on any atom is -0.289 e. The van der Waals surface area contributed by atoms with Crippen molar-refractivity contribution in [1.82, 2.24) is 0 Å². The standard InChI is InChI=1S/C28H24O/c1-20-18-25(19-22-12-6-3-7-13-22)21(2)27(26(20)23-14-8-4-9-15-23)28(29)24-16-10-5-11-17-24/h3-18H,19H2,1-2H3. The Morgan fingerprint density at radius 1 is 0.724 bits per heavy atom. The summed E-state index contributed by atoms with van der Waals surface area (Å²) in [6.45, 7) is 4.19. The van der Waals surface area contributed by atoms with Gasteiger partial charge in [0.05, 0.1) is 0 Å². The van der Waals surface area contributed by atoms with E-state index < -0.39 is 0 Å². The Labute approximate surface area is 172 Å². The van der Waals surface area contributed by atoms with Crippen LogP contribution in [-0.2, 0) is 6.42 Å². The number of hydrogen-bond donors (Lipinski definition) is 0. The van der Waals surface area contributed by atoms with Gasteiger partial charge in [-0.15, -0.1) is 0 Å². The summed E-state index contributed by atoms with van der Waals surface area (Å²) in [4.78, 5) is 13.6. The second-order valence-corrected chi connectivity index (χ2v) is 7.45. The van der Waals surface area contributed by atoms with Crippen LogP contribution in [0.25, 0.3) is 11.1 Å². The molecule has 0 N–H and O–H groups in total. The molecule has 142 valence electrons. The van der Waals surface area contributed by atoms with Crippen molar-refractivity contribution in [1.29, 1.82) is 0 Å². The van der Waals surface area contributed by atoms with Crippen LogP contribution in [0.2, 0.25) is 0 Å². The normalized spacial score (nSPS) is 10.7. The maximum absolute atomic E-state index is 13.6. The maximum Gasteiger partial charge on any atom is 0.193 e. The van der Waals surface area contributed by atoms with Gasteiger partial charge in [0.2, 0.25) is 0 Å². The Hall–Kier alpha value is -3.45. The first-order valence-corrected chi connectivity index (χ1v) is 9.97. The second kappa shape index (κ2) is 8.28. The lowest BCUT2D eigenvalue weighted by molar-refractivity contribution is 0.103. The van der Waals surface area contributed by atoms with Gasteiger partial charge in [-0.2, -0.15) is 0 Å². The van der Waals surface area contributed by atoms with Gasteiger partial charge < -0.3 is 0 Å². The van der Waals surface area contributed by atoms with Crippen LogP contribution in [0.3, 0.4) is 0 Å². The van der Waals surface area contributed by atoms with Gasteiger partial charge in [-0.25, -0.2) is 0 Å². The van der Waals surface area contributed by atoms with Crippen molar-refractivity contribution in [2.45, 2.75) is 20.3 Å². The number of carbonyl (C=O) groups excluding carboxylic acids is 1. The van der Waals surface area contributed by atoms with E-state index in [2.05, 4.69) is 56.3 Å². The molecule has 29 heavy (non-hydrogen) atoms. The van der Waals surface area contributed by atoms with E-state index in [0.717, 1.165) is 39.8 Å². The third-order valence-electron chi connectivity index (χ3n) is 5.45. The van der Waals surface area contributed by atoms with Gasteiger partial charge in [0.25, 0.3) is 0 Å². The number of carbonyl (C=O) groups is 1. The molecule has 1 heteroatoms. The van der Waals surface area contributed by atoms with Gasteiger partial charge in [0.1, 0.15) is 0 Å². The summed E-state index contributed by atoms with van der Waals surface area (Å²) in [5.74, 6) is 0.0833. The second-order valence-electron chi connectivity index (χ2n) is 7.45. The van der Waals surface area contributed by atoms with Gasteiger partial charge in [-0.05, 0) is 53.6 Å². The Morgan fingerprint density at radius 3 is 1.90 bits per heavy atom. The van der Waals surface area contributed by atoms with Gasteiger partial charge in [0.15, 0.2) is 5.78 Å². The Kier molecular flexibility index (Phi) is 5.39. The summed E-state index contributed by atoms with van der Waals surface area (Å²) in [7, 11) is 0. The number of rotatable bonds is 5. The molecule has 4 rings (SSSR count). The molecule has 1 nitrogen and oxygen atoms in total. The van der Waals surface area contributed by atoms with Crippen molar-refractivity contribution in [3.8, 4) is 11.1 Å². The van der Waals surface area contributed by atoms with E-state index in [-0.39, 0.29) is 5.78 Å². The zero-order valence-electron chi connectivity index (χ0n) is 16.9. The number of hydrogen-bond acceptors (Lipinski definition) is 1. The van der Waals surface area contributed by atoms with Gasteiger partial charge in [0, 0.05) is 11.1 Å². The molecule has 0 aliphatic rings. The van der Waals surface area contributed by atoms with Gasteiger partial charge in [-0.3, -0.25) is 4.79 Å². The predicted molar refractivity (Wildman–Crippen MR) is 120 cm³/mol. The SMILES string of the molecule is Cc1cc(Cc2ccccc2)c(C)c(C(=O)c2ccccc2)c1-c1ccccc1. The lowest BCUT2D eigenvalue weighted by Crippen LogP contribution is -2.10. The largest absolute Gasteiger partial charge is 0.289 e. The first kappa shape index (κ1) is 18.9. The predicted octanol–water partition coefficient (Wildman–Crippen LogP) is 6.79. The van der Waals surface area contributed by atoms with Crippen LogP contribution in [0.1, 0.15) is 38.2 Å². The van der Waals surface area contributed by atoms with Crippen molar-refractivity contribution in [3.63, 3.8) is 0 Å². The molecule has 0 radical (unpaired) electrons. The van der Waals surface area contributed by atoms with Crippen molar-refractivity contribution in [2.75, 3.05) is 0 Å². The molecule has 0 aromatic heterocycles. The molecule has 0 saturated heterocycles. The fourth-order valence-corrected chi connectivity index (χ4v) is 3.98. The molecule has 4 aromatic rings. The smallest absolute Gasteiger partial charge is 0.193 e. The van der Waals surface area contributed by atoms with E-state index in [4.69, 9.17) is 0 Å². The monoisotopic (exact) mass is 376 g/mol. The molecule has 0 saturated carbocycles. The molecular formula is C28H24O. The molecule has 0 atom stereocenters. The molecule has 4 aromatic carbocycles. The summed E-state index contributed by atoms with van der Waals surface area (Å²) in [5.41, 5.74) is 8.30. The summed E-state index contributed by atoms with van der Waals surface area (Å²) >= 11 is 0. The van der Waals surface area contributed by atoms with Gasteiger partial charge in [-0.1, -0.05) is 97.1 Å². The highest BCUT2D eigenvalue weighted by atomic mass is 16.1. The summed E-state index contributed by atoms with van der Waals surface area (Å²) in [6, 6.07) is 32.5. The molecule has 0 amide bonds. The molecule has 0 bridgehead atoms. The molecule has 0 spiro atoms. The zero-order chi connectivity index (χ0) is 20.2. The average molecular weight is 376 g/mol. The van der Waals surface area contributed by atoms with E-state index in [1.807, 2.05) is 54.6 Å². The van der Waals surface area contributed by atoms with E-state index in [9.17, 15) is 4.79 Å². The molecule has 0 aliphatic carbocycles. The van der Waals surface area contributed by atoms with Crippen molar-refractivity contribution >= 4 is 5.78 Å². The Balaban J connectivity index is 1.92. The van der Waals surface area contributed by atoms with Crippen molar-refractivity contribution in [2.24, 2.45) is 0 Å². The van der Waals surface area contributed by atoms with Crippen LogP contribution in [-0.4, -0.2) is 5.78 Å². The topological polar surface area (TPSA) is 17.1 Å². The third kappa shape index (κ3) is 3.90. The Bertz CT molecular complexity index is 1130. The molecular weight excluding hydrogens is 352 g/mol. The van der Waals surface area contributed by atoms with E-state index >= 15 is 0 Å². The average Bonchev–Trinajstić information content (AvgIpc) is 2.77. The highest BCUT2D eigenvalue weighted by Crippen LogP contribution is 2.34. The third-order valence-corrected chi connectivity index (χ3v) is 5.45. The zero-order valence-corrected chi connectivity index (χ0v) is 16.9. The van der Waals surface area contributed by atoms with E-state index in [1.54, 1.807) is 0 Å². The molecule has 0 unspecified atom stereocenters. The fourth-order valence-electron chi connectivity index (χ4n) is 3.98. The van der Waals surface area contributed by atoms with E-state index in [0.29, 0.717) is 0 Å². The van der Waals surface area contributed by atoms with Crippen LogP contribution in [0, 0.1) is 13.8 Å². The van der Waals surface area contributed by atoms with Crippen LogP contribution >= 0.6 is 0 Å². The minimum atomic E-state index is 0.0833. The first-order chi connectivity index (χ1) is 14.1. The lowest BCUT2D eigenvalue weighted by Gasteiger charge is -2.19. The highest BCUT2D eigenvalue weighted by molar-refractivity contribution is 6.14. The first-order valence-electron chi connectivity index (χ1n) is 9.97. The molecule has 0 fully saturated rings. The van der Waals surface area contributed by atoms with E-state index in [1.165, 1.54) is 11.1 Å². The van der Waals surface area contributed by atoms with Crippen LogP contribution in [0.4, 0.5) is 0 Å². The lowest BCUT2D eigenvalue weighted by atomic mass is 9.84. The highest BCUT2D eigenvalue weighted by Gasteiger charge is 2.21. The fraction of sp³-hybridized carbons (Fsp3) is 0.107. The van der Waals surface area contributed by atoms with Gasteiger partial charge >= 0.3 is 0 Å². The quantitative estimate of drug-likeness (QED) is 0.350. The maximum atomic E-state index is 13.6. The molecule has 0 heterocycles. The van der Waals surface area contributed by atoms with Crippen molar-refractivity contribution < 1.29 is 4.79 Å². The minimum absolute atomic E-state index is 0.0833. The van der Waals surface area contributed by atoms with Crippen LogP contribution in [0.15, 0.2) is 97.1 Å². The number of benzene rings is 4. The van der Waals surface area contributed by atoms with Crippen LogP contribution < -0.4 is 0 Å². The molecule has 0 aliphatic heterocycles. The summed E-state index contributed by atoms with van der Waals surface area (Å²) in [5, 5.41) is 0. The Morgan fingerprint density at radius 2 is 1.28 bits per heavy atom. The number of ketones is 1. The summed E-state index contributed by atoms with van der Waals surface area (Å²) in [6.07, 6.45) is 0.817. The van der Waals surface area contributed by atoms with Crippen molar-refractivity contribution in [3.05, 3.63) is 130 Å². The van der Waals surface area contributed by atoms with Crippen LogP contribution in [0.5, 0.6) is 0 Å².